The monoisotopic (exact) mass is 306 g/mol. The molecule has 5 heteroatoms. The Bertz CT molecular complexity index is 512. The second kappa shape index (κ2) is 6.32. The number of urea groups is 1. The Morgan fingerprint density at radius 3 is 2.95 bits per heavy atom. The van der Waals surface area contributed by atoms with Gasteiger partial charge in [-0.3, -0.25) is 0 Å². The lowest BCUT2D eigenvalue weighted by Crippen LogP contribution is -2.49. The van der Waals surface area contributed by atoms with E-state index in [1.807, 2.05) is 11.0 Å². The van der Waals surface area contributed by atoms with Crippen LogP contribution in [0.25, 0.3) is 0 Å². The highest BCUT2D eigenvalue weighted by atomic mass is 16.3. The normalized spacial score (nSPS) is 23.9. The van der Waals surface area contributed by atoms with Gasteiger partial charge in [-0.2, -0.15) is 0 Å². The zero-order chi connectivity index (χ0) is 15.6. The van der Waals surface area contributed by atoms with E-state index >= 15 is 0 Å². The summed E-state index contributed by atoms with van der Waals surface area (Å²) in [7, 11) is 0. The maximum Gasteiger partial charge on any atom is 0.317 e. The Labute approximate surface area is 131 Å². The Balaban J connectivity index is 1.58. The number of aliphatic hydroxyl groups is 1. The number of carbonyl (C=O) groups excluding carboxylic acids is 1. The number of furan rings is 1. The average molecular weight is 306 g/mol. The number of aliphatic hydroxyl groups excluding tert-OH is 1. The smallest absolute Gasteiger partial charge is 0.317 e. The minimum Gasteiger partial charge on any atom is -0.469 e. The average Bonchev–Trinajstić information content (AvgIpc) is 3.04. The highest BCUT2D eigenvalue weighted by Crippen LogP contribution is 2.35. The Morgan fingerprint density at radius 2 is 2.27 bits per heavy atom. The molecule has 2 aliphatic rings. The zero-order valence-corrected chi connectivity index (χ0v) is 13.3. The van der Waals surface area contributed by atoms with Crippen LogP contribution in [-0.4, -0.2) is 35.7 Å². The summed E-state index contributed by atoms with van der Waals surface area (Å²) in [6, 6.07) is 2.07. The fourth-order valence-corrected chi connectivity index (χ4v) is 3.68. The van der Waals surface area contributed by atoms with Crippen LogP contribution in [0.4, 0.5) is 4.79 Å². The largest absolute Gasteiger partial charge is 0.469 e. The first kappa shape index (κ1) is 15.4. The highest BCUT2D eigenvalue weighted by molar-refractivity contribution is 5.75. The molecule has 1 atom stereocenters. The number of nitrogens with zero attached hydrogens (tertiary/aromatic N) is 1. The molecule has 1 aliphatic heterocycles. The van der Waals surface area contributed by atoms with Gasteiger partial charge in [-0.25, -0.2) is 4.79 Å². The van der Waals surface area contributed by atoms with Gasteiger partial charge in [0.25, 0.3) is 0 Å². The number of aryl methyl sites for hydroxylation is 1. The van der Waals surface area contributed by atoms with Crippen LogP contribution < -0.4 is 5.32 Å². The molecule has 2 N–H and O–H groups in total. The maximum absolute atomic E-state index is 12.5. The molecule has 0 bridgehead atoms. The number of amides is 2. The van der Waals surface area contributed by atoms with Crippen LogP contribution in [0.5, 0.6) is 0 Å². The Morgan fingerprint density at radius 1 is 1.50 bits per heavy atom. The topological polar surface area (TPSA) is 65.7 Å². The Kier molecular flexibility index (Phi) is 4.43. The number of fused-ring (bicyclic) bond motifs is 1. The fourth-order valence-electron chi connectivity index (χ4n) is 3.68. The van der Waals surface area contributed by atoms with E-state index in [-0.39, 0.29) is 24.1 Å². The van der Waals surface area contributed by atoms with Crippen LogP contribution in [0.2, 0.25) is 0 Å². The number of likely N-dealkylation sites (tertiary alicyclic amines) is 1. The van der Waals surface area contributed by atoms with Crippen molar-refractivity contribution in [2.24, 2.45) is 5.41 Å². The Hall–Kier alpha value is -1.49. The first-order valence-corrected chi connectivity index (χ1v) is 8.40. The number of hydrogen-bond acceptors (Lipinski definition) is 3. The highest BCUT2D eigenvalue weighted by Gasteiger charge is 2.34. The molecule has 0 spiro atoms. The predicted molar refractivity (Wildman–Crippen MR) is 83.5 cm³/mol. The number of piperidine rings is 1. The van der Waals surface area contributed by atoms with Crippen LogP contribution in [0, 0.1) is 5.41 Å². The fraction of sp³-hybridized carbons (Fsp3) is 0.706. The quantitative estimate of drug-likeness (QED) is 0.902. The number of rotatable bonds is 3. The number of carbonyl (C=O) groups is 1. The van der Waals surface area contributed by atoms with Crippen molar-refractivity contribution in [3.63, 3.8) is 0 Å². The van der Waals surface area contributed by atoms with Crippen LogP contribution in [0.1, 0.15) is 56.4 Å². The van der Waals surface area contributed by atoms with Crippen LogP contribution >= 0.6 is 0 Å². The minimum atomic E-state index is 0.0132. The van der Waals surface area contributed by atoms with Gasteiger partial charge in [0.05, 0.1) is 12.3 Å². The molecule has 0 saturated carbocycles. The zero-order valence-electron chi connectivity index (χ0n) is 13.3. The van der Waals surface area contributed by atoms with Gasteiger partial charge in [0, 0.05) is 31.7 Å². The van der Waals surface area contributed by atoms with Crippen molar-refractivity contribution in [1.29, 1.82) is 0 Å². The van der Waals surface area contributed by atoms with Gasteiger partial charge in [-0.05, 0) is 43.6 Å². The van der Waals surface area contributed by atoms with Crippen molar-refractivity contribution in [1.82, 2.24) is 10.2 Å². The molecule has 22 heavy (non-hydrogen) atoms. The second-order valence-corrected chi connectivity index (χ2v) is 6.69. The standard InChI is InChI=1S/C17H26N2O3/c1-2-17(12-20)7-9-19(10-8-17)16(21)18-14-4-3-5-15-13(14)6-11-22-15/h6,11,14,20H,2-5,7-10,12H2,1H3,(H,18,21). The van der Waals surface area contributed by atoms with Crippen molar-refractivity contribution in [3.05, 3.63) is 23.7 Å². The van der Waals surface area contributed by atoms with Crippen LogP contribution in [0.15, 0.2) is 16.7 Å². The van der Waals surface area contributed by atoms with E-state index in [1.54, 1.807) is 6.26 Å². The lowest BCUT2D eigenvalue weighted by molar-refractivity contribution is 0.0513. The van der Waals surface area contributed by atoms with E-state index in [9.17, 15) is 9.90 Å². The van der Waals surface area contributed by atoms with Gasteiger partial charge in [-0.1, -0.05) is 6.92 Å². The molecule has 1 saturated heterocycles. The van der Waals surface area contributed by atoms with Gasteiger partial charge in [0.15, 0.2) is 0 Å². The first-order valence-electron chi connectivity index (χ1n) is 8.40. The third-order valence-corrected chi connectivity index (χ3v) is 5.55. The van der Waals surface area contributed by atoms with Crippen molar-refractivity contribution >= 4 is 6.03 Å². The molecule has 1 aliphatic carbocycles. The molecule has 1 aromatic rings. The third-order valence-electron chi connectivity index (χ3n) is 5.55. The summed E-state index contributed by atoms with van der Waals surface area (Å²) in [6.45, 7) is 3.80. The molecule has 5 nitrogen and oxygen atoms in total. The summed E-state index contributed by atoms with van der Waals surface area (Å²) in [5.74, 6) is 1.01. The van der Waals surface area contributed by atoms with Crippen molar-refractivity contribution in [2.75, 3.05) is 19.7 Å². The van der Waals surface area contributed by atoms with E-state index in [1.165, 1.54) is 0 Å². The molecule has 0 aromatic carbocycles. The van der Waals surface area contributed by atoms with Gasteiger partial charge >= 0.3 is 6.03 Å². The molecule has 2 amide bonds. The lowest BCUT2D eigenvalue weighted by Gasteiger charge is -2.40. The molecule has 1 fully saturated rings. The van der Waals surface area contributed by atoms with Crippen molar-refractivity contribution in [3.8, 4) is 0 Å². The molecular formula is C17H26N2O3. The van der Waals surface area contributed by atoms with E-state index < -0.39 is 0 Å². The maximum atomic E-state index is 12.5. The second-order valence-electron chi connectivity index (χ2n) is 6.69. The van der Waals surface area contributed by atoms with E-state index in [0.717, 1.165) is 62.9 Å². The number of hydrogen-bond donors (Lipinski definition) is 2. The molecule has 0 radical (unpaired) electrons. The summed E-state index contributed by atoms with van der Waals surface area (Å²) in [5, 5.41) is 12.7. The summed E-state index contributed by atoms with van der Waals surface area (Å²) < 4.78 is 5.48. The van der Waals surface area contributed by atoms with Gasteiger partial charge in [-0.15, -0.1) is 0 Å². The van der Waals surface area contributed by atoms with Crippen LogP contribution in [-0.2, 0) is 6.42 Å². The van der Waals surface area contributed by atoms with E-state index in [2.05, 4.69) is 12.2 Å². The summed E-state index contributed by atoms with van der Waals surface area (Å²) in [4.78, 5) is 14.4. The van der Waals surface area contributed by atoms with Crippen LogP contribution in [0.3, 0.4) is 0 Å². The van der Waals surface area contributed by atoms with E-state index in [4.69, 9.17) is 4.42 Å². The van der Waals surface area contributed by atoms with E-state index in [0.29, 0.717) is 0 Å². The molecule has 1 unspecified atom stereocenters. The van der Waals surface area contributed by atoms with Crippen molar-refractivity contribution in [2.45, 2.75) is 51.5 Å². The molecule has 3 rings (SSSR count). The third kappa shape index (κ3) is 2.86. The first-order chi connectivity index (χ1) is 10.7. The summed E-state index contributed by atoms with van der Waals surface area (Å²) in [6.07, 6.45) is 7.45. The molecule has 122 valence electrons. The SMILES string of the molecule is CCC1(CO)CCN(C(=O)NC2CCCc3occc32)CC1. The molecule has 1 aromatic heterocycles. The van der Waals surface area contributed by atoms with Gasteiger partial charge < -0.3 is 19.7 Å². The minimum absolute atomic E-state index is 0.0132. The molecule has 2 heterocycles. The number of nitrogens with one attached hydrogen (secondary N) is 1. The molecular weight excluding hydrogens is 280 g/mol. The summed E-state index contributed by atoms with van der Waals surface area (Å²) >= 11 is 0. The predicted octanol–water partition coefficient (Wildman–Crippen LogP) is 2.85. The summed E-state index contributed by atoms with van der Waals surface area (Å²) in [5.41, 5.74) is 1.15. The van der Waals surface area contributed by atoms with Gasteiger partial charge in [0.2, 0.25) is 0 Å². The van der Waals surface area contributed by atoms with Crippen molar-refractivity contribution < 1.29 is 14.3 Å². The van der Waals surface area contributed by atoms with Gasteiger partial charge in [0.1, 0.15) is 5.76 Å². The lowest BCUT2D eigenvalue weighted by atomic mass is 9.77.